The Kier molecular flexibility index (Phi) is 12.8. The van der Waals surface area contributed by atoms with Crippen molar-refractivity contribution in [3.63, 3.8) is 0 Å². The molecule has 3 saturated heterocycles. The van der Waals surface area contributed by atoms with E-state index in [1.807, 2.05) is 30.3 Å². The summed E-state index contributed by atoms with van der Waals surface area (Å²) in [5.41, 5.74) is 11.0. The van der Waals surface area contributed by atoms with Crippen LogP contribution in [0.2, 0.25) is 0 Å². The van der Waals surface area contributed by atoms with Crippen LogP contribution in [0.4, 0.5) is 0 Å². The van der Waals surface area contributed by atoms with Gasteiger partial charge in [0.05, 0.1) is 35.5 Å². The Balaban J connectivity index is 0.816. The van der Waals surface area contributed by atoms with Crippen LogP contribution in [-0.2, 0) is 35.7 Å². The molecule has 1 atom stereocenters. The molecule has 1 unspecified atom stereocenters. The Hall–Kier alpha value is -5.53. The minimum Gasteiger partial charge on any atom is -0.490 e. The number of hydrogen-bond donors (Lipinski definition) is 3. The van der Waals surface area contributed by atoms with E-state index < -0.39 is 44.9 Å². The number of aromatic nitrogens is 1. The smallest absolute Gasteiger partial charge is 0.266 e. The van der Waals surface area contributed by atoms with Crippen LogP contribution in [0.25, 0.3) is 22.0 Å². The molecule has 63 heavy (non-hydrogen) atoms. The fraction of sp³-hybridized carbons (Fsp3) is 0.422. The van der Waals surface area contributed by atoms with Gasteiger partial charge in [0.15, 0.2) is 0 Å². The van der Waals surface area contributed by atoms with E-state index in [0.29, 0.717) is 63.7 Å². The minimum atomic E-state index is -3.34. The number of nitrogens with two attached hydrogens (primary N) is 1. The van der Waals surface area contributed by atoms with E-state index in [1.165, 1.54) is 6.07 Å². The number of likely N-dealkylation sites (tertiary alicyclic amines) is 1. The fourth-order valence-electron chi connectivity index (χ4n) is 8.81. The molecule has 5 heterocycles. The molecule has 8 rings (SSSR count). The Bertz CT molecular complexity index is 2600. The lowest BCUT2D eigenvalue weighted by Gasteiger charge is -2.38. The third-order valence-corrected chi connectivity index (χ3v) is 14.9. The van der Waals surface area contributed by atoms with Gasteiger partial charge in [0, 0.05) is 80.0 Å². The van der Waals surface area contributed by atoms with Gasteiger partial charge in [-0.15, -0.1) is 0 Å². The molecule has 4 aliphatic heterocycles. The van der Waals surface area contributed by atoms with Gasteiger partial charge < -0.3 is 25.1 Å². The molecule has 332 valence electrons. The number of carbonyl (C=O) groups is 5. The molecule has 3 fully saturated rings. The molecule has 0 saturated carbocycles. The quantitative estimate of drug-likeness (QED) is 0.0843. The monoisotopic (exact) mass is 897 g/mol. The third kappa shape index (κ3) is 9.00. The van der Waals surface area contributed by atoms with Gasteiger partial charge in [-0.25, -0.2) is 12.7 Å². The number of fused-ring (bicyclic) bond motifs is 2. The number of benzene rings is 3. The van der Waals surface area contributed by atoms with E-state index in [4.69, 9.17) is 27.4 Å². The maximum atomic E-state index is 13.3. The summed E-state index contributed by atoms with van der Waals surface area (Å²) in [5, 5.41) is 5.88. The van der Waals surface area contributed by atoms with E-state index in [1.54, 1.807) is 30.3 Å². The van der Waals surface area contributed by atoms with Crippen molar-refractivity contribution in [2.45, 2.75) is 63.4 Å². The summed E-state index contributed by atoms with van der Waals surface area (Å²) in [6.45, 7) is 7.26. The topological polar surface area (TPSA) is 203 Å². The number of hydrogen-bond acceptors (Lipinski definition) is 11. The lowest BCUT2D eigenvalue weighted by molar-refractivity contribution is -0.136. The summed E-state index contributed by atoms with van der Waals surface area (Å²) in [7, 11) is -3.34. The Morgan fingerprint density at radius 3 is 2.43 bits per heavy atom. The molecule has 0 aliphatic carbocycles. The zero-order valence-electron chi connectivity index (χ0n) is 35.2. The summed E-state index contributed by atoms with van der Waals surface area (Å²) in [6.07, 6.45) is 3.60. The summed E-state index contributed by atoms with van der Waals surface area (Å²) < 4.78 is 41.3. The summed E-state index contributed by atoms with van der Waals surface area (Å²) in [4.78, 5) is 67.0. The molecule has 5 amide bonds. The highest BCUT2D eigenvalue weighted by molar-refractivity contribution is 7.89. The highest BCUT2D eigenvalue weighted by Gasteiger charge is 2.46. The highest BCUT2D eigenvalue weighted by Crippen LogP contribution is 2.37. The second-order valence-corrected chi connectivity index (χ2v) is 19.7. The fourth-order valence-corrected chi connectivity index (χ4v) is 10.3. The lowest BCUT2D eigenvalue weighted by atomic mass is 9.99. The maximum Gasteiger partial charge on any atom is 0.266 e. The van der Waals surface area contributed by atoms with Gasteiger partial charge in [-0.1, -0.05) is 48.6 Å². The first-order valence-electron chi connectivity index (χ1n) is 21.3. The average Bonchev–Trinajstić information content (AvgIpc) is 3.75. The third-order valence-electron chi connectivity index (χ3n) is 12.4. The first-order chi connectivity index (χ1) is 30.2. The van der Waals surface area contributed by atoms with Crippen molar-refractivity contribution in [1.29, 1.82) is 0 Å². The van der Waals surface area contributed by atoms with Gasteiger partial charge >= 0.3 is 0 Å². The second-order valence-electron chi connectivity index (χ2n) is 16.7. The molecule has 0 bridgehead atoms. The summed E-state index contributed by atoms with van der Waals surface area (Å²) in [5.74, 6) is -2.30. The summed E-state index contributed by atoms with van der Waals surface area (Å²) >= 11 is 5.27. The summed E-state index contributed by atoms with van der Waals surface area (Å²) in [6, 6.07) is 17.8. The van der Waals surface area contributed by atoms with Crippen LogP contribution in [0.3, 0.4) is 0 Å². The zero-order valence-corrected chi connectivity index (χ0v) is 36.8. The molecule has 4 N–H and O–H groups in total. The lowest BCUT2D eigenvalue weighted by Crippen LogP contribution is -2.54. The Labute approximate surface area is 371 Å². The van der Waals surface area contributed by atoms with Crippen LogP contribution in [0.1, 0.15) is 77.4 Å². The molecule has 4 aliphatic rings. The van der Waals surface area contributed by atoms with E-state index in [0.717, 1.165) is 38.1 Å². The SMILES string of the molecule is CC(C)S(=O)(=O)N1CCC(n2cc(-c3cccc(C(N)=S)c3)c3ccc(CNC(=O)C4CN(CCOCCOc5cccc6c5C(=O)N(C5CCC(=O)NC5=O)C6=O)C4)cc32)CC1. The van der Waals surface area contributed by atoms with E-state index in [-0.39, 0.29) is 60.8 Å². The van der Waals surface area contributed by atoms with Crippen molar-refractivity contribution in [3.05, 3.63) is 89.1 Å². The predicted molar refractivity (Wildman–Crippen MR) is 238 cm³/mol. The number of imide groups is 2. The molecule has 18 heteroatoms. The molecule has 0 radical (unpaired) electrons. The van der Waals surface area contributed by atoms with Crippen molar-refractivity contribution in [3.8, 4) is 16.9 Å². The largest absolute Gasteiger partial charge is 0.490 e. The first kappa shape index (κ1) is 44.1. The van der Waals surface area contributed by atoms with Crippen LogP contribution in [0.5, 0.6) is 5.75 Å². The molecular weight excluding hydrogens is 847 g/mol. The Morgan fingerprint density at radius 2 is 1.70 bits per heavy atom. The first-order valence-corrected chi connectivity index (χ1v) is 23.2. The van der Waals surface area contributed by atoms with Gasteiger partial charge in [-0.2, -0.15) is 0 Å². The van der Waals surface area contributed by atoms with Crippen LogP contribution in [-0.4, -0.2) is 125 Å². The normalized spacial score (nSPS) is 19.1. The number of amides is 5. The standard InChI is InChI=1S/C45H51N7O9S2/c1-27(2)63(58,59)50-15-13-32(14-16-50)51-26-35(29-5-3-6-30(22-29)41(46)62)33-10-9-28(21-37(33)51)23-47-42(54)31-24-49(25-31)17-18-60-19-20-61-38-8-4-7-34-40(38)45(57)52(44(34)56)36-11-12-39(53)48-43(36)55/h3-10,21-22,26-27,31-32,36H,11-20,23-25H2,1-2H3,(H2,46,62)(H,47,54)(H,48,53,55). The Morgan fingerprint density at radius 1 is 0.937 bits per heavy atom. The molecule has 0 spiro atoms. The van der Waals surface area contributed by atoms with Crippen LogP contribution < -0.4 is 21.1 Å². The van der Waals surface area contributed by atoms with Crippen LogP contribution in [0.15, 0.2) is 66.9 Å². The van der Waals surface area contributed by atoms with Gasteiger partial charge in [0.1, 0.15) is 23.4 Å². The number of nitrogens with one attached hydrogen (secondary N) is 2. The molecule has 3 aromatic carbocycles. The van der Waals surface area contributed by atoms with Crippen molar-refractivity contribution in [2.75, 3.05) is 52.5 Å². The van der Waals surface area contributed by atoms with Gasteiger partial charge in [0.2, 0.25) is 27.7 Å². The molecule has 1 aromatic heterocycles. The highest BCUT2D eigenvalue weighted by atomic mass is 32.2. The second kappa shape index (κ2) is 18.3. The zero-order chi connectivity index (χ0) is 44.6. The predicted octanol–water partition coefficient (Wildman–Crippen LogP) is 3.36. The maximum absolute atomic E-state index is 13.3. The van der Waals surface area contributed by atoms with E-state index in [2.05, 4.69) is 38.4 Å². The van der Waals surface area contributed by atoms with Gasteiger partial charge in [-0.3, -0.25) is 39.1 Å². The van der Waals surface area contributed by atoms with E-state index >= 15 is 0 Å². The average molecular weight is 898 g/mol. The van der Waals surface area contributed by atoms with Crippen molar-refractivity contribution in [1.82, 2.24) is 29.3 Å². The van der Waals surface area contributed by atoms with E-state index in [9.17, 15) is 32.4 Å². The van der Waals surface area contributed by atoms with Crippen LogP contribution >= 0.6 is 12.2 Å². The number of sulfonamides is 1. The molecule has 4 aromatic rings. The van der Waals surface area contributed by atoms with Gasteiger partial charge in [-0.05, 0) is 68.5 Å². The number of nitrogens with zero attached hydrogens (tertiary/aromatic N) is 4. The van der Waals surface area contributed by atoms with Crippen molar-refractivity contribution >= 4 is 67.7 Å². The number of piperidine rings is 2. The number of ether oxygens (including phenoxy) is 2. The number of thiocarbonyl (C=S) groups is 1. The van der Waals surface area contributed by atoms with Gasteiger partial charge in [0.25, 0.3) is 11.8 Å². The number of carbonyl (C=O) groups excluding carboxylic acids is 5. The van der Waals surface area contributed by atoms with Crippen molar-refractivity contribution < 1.29 is 41.9 Å². The minimum absolute atomic E-state index is 0.0235. The van der Waals surface area contributed by atoms with Crippen LogP contribution in [0, 0.1) is 5.92 Å². The van der Waals surface area contributed by atoms with Crippen molar-refractivity contribution in [2.24, 2.45) is 11.7 Å². The molecule has 16 nitrogen and oxygen atoms in total. The molecular formula is C45H51N7O9S2. The number of rotatable bonds is 16.